The van der Waals surface area contributed by atoms with Crippen LogP contribution in [0.15, 0.2) is 77.3 Å². The van der Waals surface area contributed by atoms with Crippen LogP contribution in [0.25, 0.3) is 17.1 Å². The van der Waals surface area contributed by atoms with Gasteiger partial charge in [-0.25, -0.2) is 4.39 Å². The normalized spacial score (nSPS) is 10.6. The Morgan fingerprint density at radius 2 is 1.76 bits per heavy atom. The number of carbonyl (C=O) groups excluding carboxylic acids is 3. The van der Waals surface area contributed by atoms with Gasteiger partial charge < -0.3 is 4.74 Å². The average Bonchev–Trinajstić information content (AvgIpc) is 3.53. The monoisotopic (exact) mass is 496 g/mol. The molecule has 11 heteroatoms. The minimum atomic E-state index is -0.720. The topological polar surface area (TPSA) is 103 Å². The van der Waals surface area contributed by atoms with Crippen molar-refractivity contribution in [2.45, 2.75) is 5.16 Å². The number of thiophene rings is 1. The van der Waals surface area contributed by atoms with Crippen LogP contribution in [0.1, 0.15) is 9.67 Å². The smallest absolute Gasteiger partial charge is 0.316 e. The lowest BCUT2D eigenvalue weighted by molar-refractivity contribution is -0.145. The van der Waals surface area contributed by atoms with Crippen LogP contribution in [0.3, 0.4) is 0 Å². The fourth-order valence-electron chi connectivity index (χ4n) is 2.90. The van der Waals surface area contributed by atoms with Gasteiger partial charge in [-0.1, -0.05) is 36.0 Å². The Hall–Kier alpha value is -3.83. The number of nitrogens with one attached hydrogen (secondary N) is 1. The first-order chi connectivity index (χ1) is 16.5. The van der Waals surface area contributed by atoms with E-state index in [9.17, 15) is 18.8 Å². The molecule has 4 rings (SSSR count). The molecule has 0 bridgehead atoms. The molecule has 2 heterocycles. The van der Waals surface area contributed by atoms with Crippen LogP contribution in [0.4, 0.5) is 4.39 Å². The number of para-hydroxylation sites is 1. The van der Waals surface area contributed by atoms with Crippen molar-refractivity contribution < 1.29 is 23.5 Å². The third-order valence-corrected chi connectivity index (χ3v) is 6.20. The highest BCUT2D eigenvalue weighted by Crippen LogP contribution is 2.28. The van der Waals surface area contributed by atoms with E-state index in [2.05, 4.69) is 15.5 Å². The number of ether oxygens (including phenoxy) is 1. The minimum absolute atomic E-state index is 0.138. The van der Waals surface area contributed by atoms with Gasteiger partial charge in [0.1, 0.15) is 5.82 Å². The summed E-state index contributed by atoms with van der Waals surface area (Å²) in [6.45, 7) is -0.581. The second-order valence-electron chi connectivity index (χ2n) is 6.79. The number of halogens is 1. The summed E-state index contributed by atoms with van der Waals surface area (Å²) >= 11 is 2.27. The summed E-state index contributed by atoms with van der Waals surface area (Å²) in [5.74, 6) is -1.95. The summed E-state index contributed by atoms with van der Waals surface area (Å²) in [6.07, 6.45) is 0. The maximum absolute atomic E-state index is 13.4. The van der Waals surface area contributed by atoms with Gasteiger partial charge in [0, 0.05) is 11.3 Å². The molecule has 34 heavy (non-hydrogen) atoms. The number of benzene rings is 2. The molecule has 0 aliphatic carbocycles. The fraction of sp³-hybridized carbons (Fsp3) is 0.0870. The lowest BCUT2D eigenvalue weighted by Gasteiger charge is -2.10. The zero-order valence-corrected chi connectivity index (χ0v) is 19.1. The first-order valence-corrected chi connectivity index (χ1v) is 11.8. The summed E-state index contributed by atoms with van der Waals surface area (Å²) < 4.78 is 20.1. The number of amides is 2. The molecule has 8 nitrogen and oxygen atoms in total. The third kappa shape index (κ3) is 5.74. The van der Waals surface area contributed by atoms with Gasteiger partial charge in [0.15, 0.2) is 17.6 Å². The van der Waals surface area contributed by atoms with Crippen molar-refractivity contribution in [3.05, 3.63) is 82.8 Å². The zero-order valence-electron chi connectivity index (χ0n) is 17.5. The lowest BCUT2D eigenvalue weighted by atomic mass is 10.2. The molecule has 0 aliphatic rings. The molecule has 0 atom stereocenters. The van der Waals surface area contributed by atoms with Gasteiger partial charge in [0.05, 0.1) is 10.6 Å². The molecule has 1 N–H and O–H groups in total. The predicted molar refractivity (Wildman–Crippen MR) is 125 cm³/mol. The number of hydrogen-bond acceptors (Lipinski definition) is 8. The van der Waals surface area contributed by atoms with E-state index in [-0.39, 0.29) is 11.6 Å². The molecule has 0 unspecified atom stereocenters. The Bertz CT molecular complexity index is 1290. The molecule has 0 radical (unpaired) electrons. The minimum Gasteiger partial charge on any atom is -0.455 e. The van der Waals surface area contributed by atoms with Gasteiger partial charge >= 0.3 is 5.97 Å². The van der Waals surface area contributed by atoms with Gasteiger partial charge in [0.25, 0.3) is 11.8 Å². The highest BCUT2D eigenvalue weighted by atomic mass is 32.2. The molecule has 0 fully saturated rings. The van der Waals surface area contributed by atoms with Gasteiger partial charge in [0.2, 0.25) is 0 Å². The molecule has 4 aromatic rings. The lowest BCUT2D eigenvalue weighted by Crippen LogP contribution is -2.33. The van der Waals surface area contributed by atoms with Crippen molar-refractivity contribution in [3.8, 4) is 17.1 Å². The number of hydrogen-bond donors (Lipinski definition) is 1. The Labute approximate surface area is 201 Å². The summed E-state index contributed by atoms with van der Waals surface area (Å²) in [4.78, 5) is 36.3. The van der Waals surface area contributed by atoms with Gasteiger partial charge in [-0.15, -0.1) is 21.5 Å². The van der Waals surface area contributed by atoms with Crippen molar-refractivity contribution in [1.82, 2.24) is 20.1 Å². The molecular formula is C23H17FN4O4S2. The maximum Gasteiger partial charge on any atom is 0.316 e. The van der Waals surface area contributed by atoms with E-state index in [1.54, 1.807) is 34.2 Å². The number of nitrogens with zero attached hydrogens (tertiary/aromatic N) is 3. The van der Waals surface area contributed by atoms with Crippen molar-refractivity contribution in [3.63, 3.8) is 0 Å². The summed E-state index contributed by atoms with van der Waals surface area (Å²) in [6, 6.07) is 18.4. The molecule has 2 amide bonds. The van der Waals surface area contributed by atoms with Crippen molar-refractivity contribution in [2.75, 3.05) is 12.4 Å². The van der Waals surface area contributed by atoms with E-state index in [1.165, 1.54) is 23.5 Å². The van der Waals surface area contributed by atoms with E-state index in [1.807, 2.05) is 30.3 Å². The molecule has 0 spiro atoms. The van der Waals surface area contributed by atoms with Gasteiger partial charge in [-0.2, -0.15) is 0 Å². The van der Waals surface area contributed by atoms with Crippen LogP contribution in [0.5, 0.6) is 0 Å². The first-order valence-electron chi connectivity index (χ1n) is 9.94. The maximum atomic E-state index is 13.4. The third-order valence-electron chi connectivity index (χ3n) is 4.43. The highest BCUT2D eigenvalue weighted by Gasteiger charge is 2.18. The molecule has 172 valence electrons. The van der Waals surface area contributed by atoms with Crippen LogP contribution in [0.2, 0.25) is 0 Å². The van der Waals surface area contributed by atoms with Crippen LogP contribution >= 0.6 is 23.1 Å². The number of imide groups is 1. The van der Waals surface area contributed by atoms with E-state index in [0.29, 0.717) is 21.4 Å². The fourth-order valence-corrected chi connectivity index (χ4v) is 4.27. The average molecular weight is 497 g/mol. The number of rotatable bonds is 8. The van der Waals surface area contributed by atoms with E-state index >= 15 is 0 Å². The van der Waals surface area contributed by atoms with E-state index < -0.39 is 24.4 Å². The van der Waals surface area contributed by atoms with Crippen LogP contribution in [0, 0.1) is 5.82 Å². The molecule has 0 saturated heterocycles. The first kappa shape index (κ1) is 23.3. The number of esters is 1. The largest absolute Gasteiger partial charge is 0.455 e. The van der Waals surface area contributed by atoms with Crippen LogP contribution < -0.4 is 5.32 Å². The predicted octanol–water partition coefficient (Wildman–Crippen LogP) is 3.73. The van der Waals surface area contributed by atoms with Crippen molar-refractivity contribution >= 4 is 40.9 Å². The number of aromatic nitrogens is 3. The number of thioether (sulfide) groups is 1. The SMILES string of the molecule is O=C(COC(=O)CSc1nnc(-c2ccc(F)cc2)n1-c1ccccc1)NC(=O)c1cccs1. The number of carbonyl (C=O) groups is 3. The van der Waals surface area contributed by atoms with Crippen molar-refractivity contribution in [2.24, 2.45) is 0 Å². The highest BCUT2D eigenvalue weighted by molar-refractivity contribution is 7.99. The summed E-state index contributed by atoms with van der Waals surface area (Å²) in [5, 5.41) is 12.7. The Morgan fingerprint density at radius 1 is 1.00 bits per heavy atom. The standard InChI is InChI=1S/C23H17FN4O4S2/c24-16-10-8-15(9-11-16)21-26-27-23(28(21)17-5-2-1-3-6-17)34-14-20(30)32-13-19(29)25-22(31)18-7-4-12-33-18/h1-12H,13-14H2,(H,25,29,31). The van der Waals surface area contributed by atoms with Crippen molar-refractivity contribution in [1.29, 1.82) is 0 Å². The molecule has 0 saturated carbocycles. The zero-order chi connectivity index (χ0) is 23.9. The van der Waals surface area contributed by atoms with Gasteiger partial charge in [-0.3, -0.25) is 24.3 Å². The van der Waals surface area contributed by atoms with Gasteiger partial charge in [-0.05, 0) is 47.8 Å². The second-order valence-corrected chi connectivity index (χ2v) is 8.68. The second kappa shape index (κ2) is 10.9. The molecule has 2 aromatic heterocycles. The Morgan fingerprint density at radius 3 is 2.47 bits per heavy atom. The Kier molecular flexibility index (Phi) is 7.45. The van der Waals surface area contributed by atoms with E-state index in [0.717, 1.165) is 17.4 Å². The molecular weight excluding hydrogens is 479 g/mol. The molecule has 0 aliphatic heterocycles. The van der Waals surface area contributed by atoms with Crippen LogP contribution in [-0.4, -0.2) is 44.9 Å². The summed E-state index contributed by atoms with van der Waals surface area (Å²) in [7, 11) is 0. The van der Waals surface area contributed by atoms with Crippen LogP contribution in [-0.2, 0) is 14.3 Å². The quantitative estimate of drug-likeness (QED) is 0.293. The molecule has 2 aromatic carbocycles. The van der Waals surface area contributed by atoms with E-state index in [4.69, 9.17) is 4.74 Å². The summed E-state index contributed by atoms with van der Waals surface area (Å²) in [5.41, 5.74) is 1.41. The Balaban J connectivity index is 1.40.